The predicted octanol–water partition coefficient (Wildman–Crippen LogP) is 6.28. The van der Waals surface area contributed by atoms with Gasteiger partial charge in [0.05, 0.1) is 0 Å². The maximum absolute atomic E-state index is 3.72. The Bertz CT molecular complexity index is 732. The highest BCUT2D eigenvalue weighted by Gasteiger charge is 2.11. The molecule has 0 atom stereocenters. The van der Waals surface area contributed by atoms with Gasteiger partial charge in [-0.25, -0.2) is 0 Å². The summed E-state index contributed by atoms with van der Waals surface area (Å²) in [7, 11) is 0. The normalized spacial score (nSPS) is 11.2. The smallest absolute Gasteiger partial charge is 0.0344 e. The second kappa shape index (κ2) is 4.38. The summed E-state index contributed by atoms with van der Waals surface area (Å²) in [6.45, 7) is 0. The number of hydrogen-bond acceptors (Lipinski definition) is 0. The molecule has 0 amide bonds. The zero-order valence-electron chi connectivity index (χ0n) is 8.68. The van der Waals surface area contributed by atoms with E-state index in [9.17, 15) is 0 Å². The van der Waals surface area contributed by atoms with Gasteiger partial charge in [0.1, 0.15) is 0 Å². The minimum atomic E-state index is 1.10. The molecule has 0 saturated carbocycles. The van der Waals surface area contributed by atoms with Crippen LogP contribution in [0.1, 0.15) is 0 Å². The molecular weight excluding hydrogens is 408 g/mol. The molecule has 0 bridgehead atoms. The molecule has 0 unspecified atom stereocenters. The first-order valence-electron chi connectivity index (χ1n) is 5.14. The van der Waals surface area contributed by atoms with Crippen molar-refractivity contribution in [2.75, 3.05) is 0 Å². The van der Waals surface area contributed by atoms with Gasteiger partial charge >= 0.3 is 0 Å². The van der Waals surface area contributed by atoms with Crippen molar-refractivity contribution in [3.63, 3.8) is 0 Å². The summed E-state index contributed by atoms with van der Waals surface area (Å²) in [5.41, 5.74) is 0. The van der Waals surface area contributed by atoms with E-state index in [2.05, 4.69) is 90.3 Å². The van der Waals surface area contributed by atoms with Crippen LogP contribution in [-0.4, -0.2) is 0 Å². The van der Waals surface area contributed by atoms with E-state index in [0.29, 0.717) is 0 Å². The van der Waals surface area contributed by atoms with Crippen molar-refractivity contribution in [3.8, 4) is 0 Å². The SMILES string of the molecule is Brc1c2ccccc2c(Br)c2c(Br)cccc12. The number of benzene rings is 3. The van der Waals surface area contributed by atoms with Crippen LogP contribution in [0.15, 0.2) is 55.9 Å². The molecule has 0 fully saturated rings. The molecule has 0 aliphatic rings. The Morgan fingerprint density at radius 3 is 1.88 bits per heavy atom. The number of hydrogen-bond donors (Lipinski definition) is 0. The van der Waals surface area contributed by atoms with Crippen LogP contribution in [-0.2, 0) is 0 Å². The van der Waals surface area contributed by atoms with E-state index in [-0.39, 0.29) is 0 Å². The summed E-state index contributed by atoms with van der Waals surface area (Å²) in [6, 6.07) is 14.6. The van der Waals surface area contributed by atoms with Crippen LogP contribution in [0.2, 0.25) is 0 Å². The average Bonchev–Trinajstić information content (AvgIpc) is 2.36. The van der Waals surface area contributed by atoms with Crippen molar-refractivity contribution in [1.82, 2.24) is 0 Å². The molecule has 84 valence electrons. The third kappa shape index (κ3) is 1.76. The fourth-order valence-electron chi connectivity index (χ4n) is 2.08. The molecule has 0 heterocycles. The Labute approximate surface area is 124 Å². The average molecular weight is 415 g/mol. The van der Waals surface area contributed by atoms with Gasteiger partial charge in [-0.3, -0.25) is 0 Å². The Balaban J connectivity index is 2.69. The minimum absolute atomic E-state index is 1.10. The lowest BCUT2D eigenvalue weighted by atomic mass is 10.0. The lowest BCUT2D eigenvalue weighted by Crippen LogP contribution is -1.83. The molecular formula is C14H7Br3. The molecule has 3 aromatic carbocycles. The quantitative estimate of drug-likeness (QED) is 0.380. The van der Waals surface area contributed by atoms with Crippen molar-refractivity contribution in [2.24, 2.45) is 0 Å². The van der Waals surface area contributed by atoms with E-state index in [0.717, 1.165) is 13.4 Å². The number of fused-ring (bicyclic) bond motifs is 2. The third-order valence-electron chi connectivity index (χ3n) is 2.87. The Hall–Kier alpha value is -0.380. The molecule has 0 aliphatic heterocycles. The van der Waals surface area contributed by atoms with E-state index < -0.39 is 0 Å². The number of rotatable bonds is 0. The van der Waals surface area contributed by atoms with Crippen LogP contribution in [0.4, 0.5) is 0 Å². The molecule has 0 radical (unpaired) electrons. The second-order valence-electron chi connectivity index (χ2n) is 3.84. The Morgan fingerprint density at radius 2 is 1.18 bits per heavy atom. The van der Waals surface area contributed by atoms with E-state index in [4.69, 9.17) is 0 Å². The zero-order chi connectivity index (χ0) is 12.0. The lowest BCUT2D eigenvalue weighted by Gasteiger charge is -2.10. The van der Waals surface area contributed by atoms with Crippen LogP contribution in [0.3, 0.4) is 0 Å². The van der Waals surface area contributed by atoms with Crippen molar-refractivity contribution < 1.29 is 0 Å². The van der Waals surface area contributed by atoms with Crippen molar-refractivity contribution in [1.29, 1.82) is 0 Å². The summed E-state index contributed by atoms with van der Waals surface area (Å²) in [4.78, 5) is 0. The second-order valence-corrected chi connectivity index (χ2v) is 6.28. The fourth-order valence-corrected chi connectivity index (χ4v) is 4.36. The van der Waals surface area contributed by atoms with E-state index in [1.54, 1.807) is 0 Å². The highest BCUT2D eigenvalue weighted by atomic mass is 79.9. The molecule has 3 heteroatoms. The van der Waals surface area contributed by atoms with Gasteiger partial charge in [0.25, 0.3) is 0 Å². The summed E-state index contributed by atoms with van der Waals surface area (Å²) >= 11 is 11.0. The van der Waals surface area contributed by atoms with Gasteiger partial charge in [-0.2, -0.15) is 0 Å². The molecule has 0 saturated heterocycles. The van der Waals surface area contributed by atoms with Crippen LogP contribution in [0.25, 0.3) is 21.5 Å². The zero-order valence-corrected chi connectivity index (χ0v) is 13.4. The molecule has 0 aromatic heterocycles. The first kappa shape index (κ1) is 11.7. The van der Waals surface area contributed by atoms with E-state index in [1.165, 1.54) is 21.5 Å². The summed E-state index contributed by atoms with van der Waals surface area (Å²) in [5, 5.41) is 4.87. The Morgan fingerprint density at radius 1 is 0.588 bits per heavy atom. The van der Waals surface area contributed by atoms with Gasteiger partial charge in [-0.15, -0.1) is 0 Å². The van der Waals surface area contributed by atoms with Gasteiger partial charge in [-0.1, -0.05) is 52.3 Å². The largest absolute Gasteiger partial charge is 0.0616 e. The van der Waals surface area contributed by atoms with E-state index >= 15 is 0 Å². The number of halogens is 3. The maximum Gasteiger partial charge on any atom is 0.0344 e. The highest BCUT2D eigenvalue weighted by molar-refractivity contribution is 9.11. The van der Waals surface area contributed by atoms with Gasteiger partial charge < -0.3 is 0 Å². The molecule has 3 rings (SSSR count). The first-order valence-corrected chi connectivity index (χ1v) is 7.52. The molecule has 0 aliphatic carbocycles. The predicted molar refractivity (Wildman–Crippen MR) is 84.6 cm³/mol. The standard InChI is InChI=1S/C14H7Br3/c15-11-7-3-6-10-12(11)14(17)9-5-2-1-4-8(9)13(10)16/h1-7H. The molecule has 3 aromatic rings. The third-order valence-corrected chi connectivity index (χ3v) is 5.21. The van der Waals surface area contributed by atoms with Crippen LogP contribution >= 0.6 is 47.8 Å². The molecule has 17 heavy (non-hydrogen) atoms. The lowest BCUT2D eigenvalue weighted by molar-refractivity contribution is 1.69. The van der Waals surface area contributed by atoms with Crippen molar-refractivity contribution in [3.05, 3.63) is 55.9 Å². The topological polar surface area (TPSA) is 0 Å². The van der Waals surface area contributed by atoms with Gasteiger partial charge in [0.15, 0.2) is 0 Å². The first-order chi connectivity index (χ1) is 8.20. The van der Waals surface area contributed by atoms with Crippen LogP contribution in [0.5, 0.6) is 0 Å². The van der Waals surface area contributed by atoms with E-state index in [1.807, 2.05) is 0 Å². The monoisotopic (exact) mass is 412 g/mol. The molecule has 0 nitrogen and oxygen atoms in total. The highest BCUT2D eigenvalue weighted by Crippen LogP contribution is 2.41. The van der Waals surface area contributed by atoms with Gasteiger partial charge in [0, 0.05) is 18.8 Å². The maximum atomic E-state index is 3.72. The molecule has 0 N–H and O–H groups in total. The van der Waals surface area contributed by atoms with Gasteiger partial charge in [-0.05, 0) is 54.1 Å². The molecule has 0 spiro atoms. The van der Waals surface area contributed by atoms with Crippen LogP contribution < -0.4 is 0 Å². The fraction of sp³-hybridized carbons (Fsp3) is 0. The Kier molecular flexibility index (Phi) is 3.01. The summed E-state index contributed by atoms with van der Waals surface area (Å²) in [5.74, 6) is 0. The minimum Gasteiger partial charge on any atom is -0.0616 e. The summed E-state index contributed by atoms with van der Waals surface area (Å²) in [6.07, 6.45) is 0. The van der Waals surface area contributed by atoms with Crippen LogP contribution in [0, 0.1) is 0 Å². The van der Waals surface area contributed by atoms with Gasteiger partial charge in [0.2, 0.25) is 0 Å². The van der Waals surface area contributed by atoms with Crippen molar-refractivity contribution in [2.45, 2.75) is 0 Å². The van der Waals surface area contributed by atoms with Crippen molar-refractivity contribution >= 4 is 69.3 Å². The summed E-state index contributed by atoms with van der Waals surface area (Å²) < 4.78 is 3.39.